The van der Waals surface area contributed by atoms with Crippen LogP contribution in [-0.4, -0.2) is 13.3 Å². The zero-order chi connectivity index (χ0) is 27.6. The maximum Gasteiger partial charge on any atom is 0.174 e. The Bertz CT molecular complexity index is 1600. The highest BCUT2D eigenvalue weighted by molar-refractivity contribution is 14.1. The molecule has 6 heteroatoms. The Morgan fingerprint density at radius 1 is 1.05 bits per heavy atom. The number of methoxy groups -OCH3 is 1. The molecule has 1 aliphatic heterocycles. The normalized spacial score (nSPS) is 19.2. The summed E-state index contributed by atoms with van der Waals surface area (Å²) in [6, 6.07) is 27.3. The molecule has 4 aromatic carbocycles. The topological polar surface area (TPSA) is 42.8 Å². The third kappa shape index (κ3) is 5.63. The van der Waals surface area contributed by atoms with E-state index in [-0.39, 0.29) is 6.04 Å². The molecule has 1 N–H and O–H groups in total. The molecule has 4 nitrogen and oxygen atoms in total. The van der Waals surface area contributed by atoms with Crippen LogP contribution in [0.2, 0.25) is 5.02 Å². The summed E-state index contributed by atoms with van der Waals surface area (Å²) in [5.74, 6) is 2.37. The number of rotatable bonds is 7. The second kappa shape index (κ2) is 11.7. The van der Waals surface area contributed by atoms with E-state index in [1.807, 2.05) is 42.6 Å². The van der Waals surface area contributed by atoms with Gasteiger partial charge >= 0.3 is 0 Å². The summed E-state index contributed by atoms with van der Waals surface area (Å²) in [7, 11) is 1.65. The van der Waals surface area contributed by atoms with Gasteiger partial charge < -0.3 is 14.8 Å². The van der Waals surface area contributed by atoms with E-state index >= 15 is 0 Å². The number of aliphatic imine (C=N–C) groups is 1. The molecule has 1 heterocycles. The van der Waals surface area contributed by atoms with Crippen molar-refractivity contribution in [1.29, 1.82) is 0 Å². The quantitative estimate of drug-likeness (QED) is 0.122. The van der Waals surface area contributed by atoms with Gasteiger partial charge in [0.1, 0.15) is 6.61 Å². The van der Waals surface area contributed by atoms with Crippen LogP contribution < -0.4 is 14.8 Å². The molecule has 1 aliphatic carbocycles. The van der Waals surface area contributed by atoms with Crippen molar-refractivity contribution in [2.24, 2.45) is 10.9 Å². The van der Waals surface area contributed by atoms with Crippen LogP contribution in [0.15, 0.2) is 96.0 Å². The molecule has 4 aromatic rings. The molecule has 0 saturated carbocycles. The van der Waals surface area contributed by atoms with Crippen LogP contribution in [0.1, 0.15) is 46.2 Å². The summed E-state index contributed by atoms with van der Waals surface area (Å²) in [5, 5.41) is 4.52. The summed E-state index contributed by atoms with van der Waals surface area (Å²) in [6.07, 6.45) is 7.69. The minimum Gasteiger partial charge on any atom is -0.493 e. The van der Waals surface area contributed by atoms with Crippen molar-refractivity contribution in [3.63, 3.8) is 0 Å². The first-order valence-electron chi connectivity index (χ1n) is 13.4. The minimum absolute atomic E-state index is 0.276. The van der Waals surface area contributed by atoms with Gasteiger partial charge in [-0.25, -0.2) is 0 Å². The summed E-state index contributed by atoms with van der Waals surface area (Å²) in [6.45, 7) is 2.58. The molecule has 202 valence electrons. The lowest BCUT2D eigenvalue weighted by Gasteiger charge is -2.37. The third-order valence-corrected chi connectivity index (χ3v) is 8.69. The van der Waals surface area contributed by atoms with Crippen LogP contribution >= 0.6 is 34.2 Å². The van der Waals surface area contributed by atoms with Crippen LogP contribution in [0.3, 0.4) is 0 Å². The van der Waals surface area contributed by atoms with Gasteiger partial charge in [-0.05, 0) is 107 Å². The smallest absolute Gasteiger partial charge is 0.174 e. The second-order valence-electron chi connectivity index (χ2n) is 10.4. The third-order valence-electron chi connectivity index (χ3n) is 7.66. The number of fused-ring (bicyclic) bond motifs is 3. The molecule has 0 saturated heterocycles. The van der Waals surface area contributed by atoms with Crippen LogP contribution in [0.5, 0.6) is 11.5 Å². The van der Waals surface area contributed by atoms with E-state index in [9.17, 15) is 0 Å². The fraction of sp³-hybridized carbons (Fsp3) is 0.206. The number of nitrogens with zero attached hydrogens (tertiary/aromatic N) is 1. The predicted molar refractivity (Wildman–Crippen MR) is 173 cm³/mol. The highest BCUT2D eigenvalue weighted by Crippen LogP contribution is 2.50. The van der Waals surface area contributed by atoms with Crippen molar-refractivity contribution in [2.75, 3.05) is 12.4 Å². The molecule has 6 rings (SSSR count). The number of benzene rings is 4. The number of allylic oxidation sites excluding steroid dienone is 2. The highest BCUT2D eigenvalue weighted by Gasteiger charge is 2.37. The molecule has 3 atom stereocenters. The van der Waals surface area contributed by atoms with E-state index in [1.165, 1.54) is 22.4 Å². The molecular formula is C34H30ClIN2O2. The lowest BCUT2D eigenvalue weighted by atomic mass is 9.76. The Morgan fingerprint density at radius 3 is 2.70 bits per heavy atom. The van der Waals surface area contributed by atoms with Crippen LogP contribution in [0.4, 0.5) is 11.4 Å². The van der Waals surface area contributed by atoms with E-state index in [2.05, 4.69) is 89.4 Å². The van der Waals surface area contributed by atoms with Crippen LogP contribution in [-0.2, 0) is 6.61 Å². The Balaban J connectivity index is 1.17. The Kier molecular flexibility index (Phi) is 7.85. The molecule has 0 radical (unpaired) electrons. The van der Waals surface area contributed by atoms with Gasteiger partial charge in [-0.1, -0.05) is 65.7 Å². The van der Waals surface area contributed by atoms with E-state index in [0.717, 1.165) is 26.8 Å². The number of ether oxygens (including phenoxy) is 2. The Hall–Kier alpha value is -3.29. The molecule has 40 heavy (non-hydrogen) atoms. The van der Waals surface area contributed by atoms with Gasteiger partial charge in [0.15, 0.2) is 11.5 Å². The van der Waals surface area contributed by atoms with Gasteiger partial charge in [0, 0.05) is 22.8 Å². The van der Waals surface area contributed by atoms with Gasteiger partial charge in [-0.2, -0.15) is 0 Å². The summed E-state index contributed by atoms with van der Waals surface area (Å²) < 4.78 is 12.7. The summed E-state index contributed by atoms with van der Waals surface area (Å²) in [5.41, 5.74) is 8.12. The van der Waals surface area contributed by atoms with E-state index in [0.29, 0.717) is 35.0 Å². The average Bonchev–Trinajstić information content (AvgIpc) is 3.46. The first kappa shape index (κ1) is 26.9. The lowest BCUT2D eigenvalue weighted by molar-refractivity contribution is 0.282. The maximum absolute atomic E-state index is 6.11. The fourth-order valence-corrected chi connectivity index (χ4v) is 6.69. The molecule has 0 spiro atoms. The number of nitrogens with one attached hydrogen (secondary N) is 1. The molecule has 0 amide bonds. The molecule has 0 aromatic heterocycles. The molecular weight excluding hydrogens is 631 g/mol. The molecule has 0 bridgehead atoms. The van der Waals surface area contributed by atoms with E-state index < -0.39 is 0 Å². The zero-order valence-electron chi connectivity index (χ0n) is 22.4. The van der Waals surface area contributed by atoms with Gasteiger partial charge in [0.05, 0.1) is 22.4 Å². The maximum atomic E-state index is 6.11. The highest BCUT2D eigenvalue weighted by atomic mass is 127. The van der Waals surface area contributed by atoms with Gasteiger partial charge in [0.2, 0.25) is 0 Å². The standard InChI is InChI=1S/C34H30ClIN2O2/c1-21-9-14-31-29(15-21)27-7-4-8-28(27)33(38-31)24-10-12-26(13-11-24)37-19-23-17-30(36)34(32(18-23)39-2)40-20-22-5-3-6-25(35)16-22/h3-7,9-19,27-28,33,38H,8,20H2,1-2H3/t27-,28-,33+/m1/s1. The monoisotopic (exact) mass is 660 g/mol. The Labute approximate surface area is 254 Å². The second-order valence-corrected chi connectivity index (χ2v) is 12.0. The number of hydrogen-bond donors (Lipinski definition) is 1. The SMILES string of the molecule is COc1cc(C=Nc2ccc([C@@H]3Nc4ccc(C)cc4[C@@H]4C=CC[C@H]43)cc2)cc(I)c1OCc1cccc(Cl)c1. The number of halogens is 2. The zero-order valence-corrected chi connectivity index (χ0v) is 25.3. The number of hydrogen-bond acceptors (Lipinski definition) is 4. The number of anilines is 1. The average molecular weight is 661 g/mol. The van der Waals surface area contributed by atoms with Crippen molar-refractivity contribution in [3.8, 4) is 11.5 Å². The van der Waals surface area contributed by atoms with Crippen LogP contribution in [0.25, 0.3) is 0 Å². The first-order valence-corrected chi connectivity index (χ1v) is 14.9. The van der Waals surface area contributed by atoms with E-state index in [4.69, 9.17) is 26.1 Å². The van der Waals surface area contributed by atoms with Crippen molar-refractivity contribution in [2.45, 2.75) is 31.9 Å². The summed E-state index contributed by atoms with van der Waals surface area (Å²) in [4.78, 5) is 4.75. The number of aryl methyl sites for hydroxylation is 1. The van der Waals surface area contributed by atoms with Crippen LogP contribution in [0, 0.1) is 16.4 Å². The molecule has 0 fully saturated rings. The molecule has 0 unspecified atom stereocenters. The van der Waals surface area contributed by atoms with Crippen molar-refractivity contribution >= 4 is 51.8 Å². The van der Waals surface area contributed by atoms with Gasteiger partial charge in [0.25, 0.3) is 0 Å². The lowest BCUT2D eigenvalue weighted by Crippen LogP contribution is -2.29. The fourth-order valence-electron chi connectivity index (χ4n) is 5.70. The largest absolute Gasteiger partial charge is 0.493 e. The van der Waals surface area contributed by atoms with Crippen molar-refractivity contribution in [1.82, 2.24) is 0 Å². The molecule has 2 aliphatic rings. The summed E-state index contributed by atoms with van der Waals surface area (Å²) >= 11 is 8.39. The Morgan fingerprint density at radius 2 is 1.90 bits per heavy atom. The van der Waals surface area contributed by atoms with Gasteiger partial charge in [-0.15, -0.1) is 0 Å². The van der Waals surface area contributed by atoms with Crippen molar-refractivity contribution < 1.29 is 9.47 Å². The van der Waals surface area contributed by atoms with E-state index in [1.54, 1.807) is 7.11 Å². The minimum atomic E-state index is 0.276. The predicted octanol–water partition coefficient (Wildman–Crippen LogP) is 9.42. The van der Waals surface area contributed by atoms with Gasteiger partial charge in [-0.3, -0.25) is 4.99 Å². The first-order chi connectivity index (χ1) is 19.5. The van der Waals surface area contributed by atoms with Crippen molar-refractivity contribution in [3.05, 3.63) is 127 Å².